The molecule has 8 heteroatoms. The van der Waals surface area contributed by atoms with Gasteiger partial charge in [0.2, 0.25) is 0 Å². The molecule has 31 heavy (non-hydrogen) atoms. The third-order valence-corrected chi connectivity index (χ3v) is 6.12. The summed E-state index contributed by atoms with van der Waals surface area (Å²) in [7, 11) is 0. The number of likely N-dealkylation sites (N-methyl/N-ethyl adjacent to an activating group) is 1. The van der Waals surface area contributed by atoms with Crippen LogP contribution in [-0.4, -0.2) is 38.1 Å². The lowest BCUT2D eigenvalue weighted by Crippen LogP contribution is -2.27. The predicted molar refractivity (Wildman–Crippen MR) is 126 cm³/mol. The van der Waals surface area contributed by atoms with E-state index in [4.69, 9.17) is 22.1 Å². The molecule has 0 bridgehead atoms. The fourth-order valence-corrected chi connectivity index (χ4v) is 4.64. The molecule has 0 atom stereocenters. The second-order valence-corrected chi connectivity index (χ2v) is 8.39. The summed E-state index contributed by atoms with van der Waals surface area (Å²) in [4.78, 5) is 14.8. The van der Waals surface area contributed by atoms with Crippen LogP contribution in [0.15, 0.2) is 59.6 Å². The summed E-state index contributed by atoms with van der Waals surface area (Å²) in [5.41, 5.74) is 2.71. The van der Waals surface area contributed by atoms with Gasteiger partial charge < -0.3 is 4.74 Å². The fourth-order valence-electron chi connectivity index (χ4n) is 3.26. The number of para-hydroxylation sites is 1. The molecule has 0 spiro atoms. The number of thiocarbonyl (C=S) groups is 1. The van der Waals surface area contributed by atoms with Crippen molar-refractivity contribution in [2.45, 2.75) is 13.8 Å². The number of benzene rings is 2. The lowest BCUT2D eigenvalue weighted by molar-refractivity contribution is -0.121. The summed E-state index contributed by atoms with van der Waals surface area (Å²) in [5, 5.41) is 4.69. The minimum atomic E-state index is -0.461. The number of amides is 1. The molecule has 0 saturated carbocycles. The number of rotatable bonds is 6. The fraction of sp³-hybridized carbons (Fsp3) is 0.174. The zero-order chi connectivity index (χ0) is 22.0. The van der Waals surface area contributed by atoms with Crippen molar-refractivity contribution in [3.63, 3.8) is 0 Å². The molecule has 5 nitrogen and oxygen atoms in total. The molecule has 2 aromatic carbocycles. The van der Waals surface area contributed by atoms with E-state index in [1.165, 1.54) is 17.8 Å². The minimum Gasteiger partial charge on any atom is -0.491 e. The molecule has 1 aliphatic heterocycles. The molecule has 158 valence electrons. The van der Waals surface area contributed by atoms with Crippen LogP contribution >= 0.6 is 24.0 Å². The molecule has 0 unspecified atom stereocenters. The molecule has 0 radical (unpaired) electrons. The Bertz CT molecular complexity index is 1170. The summed E-state index contributed by atoms with van der Waals surface area (Å²) in [5.74, 6) is -0.398. The van der Waals surface area contributed by atoms with Crippen molar-refractivity contribution >= 4 is 40.3 Å². The first-order chi connectivity index (χ1) is 15.0. The monoisotopic (exact) mass is 453 g/mol. The topological polar surface area (TPSA) is 47.4 Å². The molecule has 1 aromatic heterocycles. The lowest BCUT2D eigenvalue weighted by Gasteiger charge is -2.09. The maximum atomic E-state index is 14.5. The molecule has 4 rings (SSSR count). The summed E-state index contributed by atoms with van der Waals surface area (Å²) >= 11 is 6.58. The van der Waals surface area contributed by atoms with Crippen molar-refractivity contribution < 1.29 is 13.9 Å². The highest BCUT2D eigenvalue weighted by Gasteiger charge is 2.31. The molecule has 2 heterocycles. The maximum absolute atomic E-state index is 14.5. The summed E-state index contributed by atoms with van der Waals surface area (Å²) in [6.45, 7) is 4.58. The first-order valence-corrected chi connectivity index (χ1v) is 11.1. The van der Waals surface area contributed by atoms with Crippen LogP contribution in [0, 0.1) is 5.82 Å². The largest absolute Gasteiger partial charge is 0.491 e. The van der Waals surface area contributed by atoms with Crippen molar-refractivity contribution in [3.8, 4) is 22.7 Å². The van der Waals surface area contributed by atoms with Gasteiger partial charge in [-0.05, 0) is 50.3 Å². The van der Waals surface area contributed by atoms with Crippen molar-refractivity contribution in [2.24, 2.45) is 0 Å². The van der Waals surface area contributed by atoms with E-state index in [0.717, 1.165) is 5.69 Å². The SMILES string of the molecule is CCOc1ccc(-c2nn(-c3ccccc3)cc2C=C2SC(=S)N(CC)C2=O)cc1F. The Hall–Kier alpha value is -2.97. The van der Waals surface area contributed by atoms with Gasteiger partial charge in [0.25, 0.3) is 5.91 Å². The highest BCUT2D eigenvalue weighted by Crippen LogP contribution is 2.35. The minimum absolute atomic E-state index is 0.131. The van der Waals surface area contributed by atoms with Gasteiger partial charge in [-0.1, -0.05) is 42.2 Å². The Kier molecular flexibility index (Phi) is 6.20. The summed E-state index contributed by atoms with van der Waals surface area (Å²) in [6.07, 6.45) is 3.60. The Morgan fingerprint density at radius 3 is 2.61 bits per heavy atom. The Morgan fingerprint density at radius 2 is 1.97 bits per heavy atom. The molecule has 0 N–H and O–H groups in total. The third-order valence-electron chi connectivity index (χ3n) is 4.74. The van der Waals surface area contributed by atoms with Crippen LogP contribution < -0.4 is 4.74 Å². The van der Waals surface area contributed by atoms with Gasteiger partial charge in [0, 0.05) is 23.9 Å². The molecule has 0 aliphatic carbocycles. The average molecular weight is 454 g/mol. The number of hydrogen-bond acceptors (Lipinski definition) is 5. The van der Waals surface area contributed by atoms with Gasteiger partial charge in [-0.2, -0.15) is 5.10 Å². The van der Waals surface area contributed by atoms with Gasteiger partial charge >= 0.3 is 0 Å². The molecule has 3 aromatic rings. The smallest absolute Gasteiger partial charge is 0.266 e. The van der Waals surface area contributed by atoms with Crippen LogP contribution in [0.25, 0.3) is 23.0 Å². The Labute approximate surface area is 189 Å². The second kappa shape index (κ2) is 9.03. The summed E-state index contributed by atoms with van der Waals surface area (Å²) < 4.78 is 22.1. The van der Waals surface area contributed by atoms with Gasteiger partial charge in [-0.25, -0.2) is 9.07 Å². The number of ether oxygens (including phenoxy) is 1. The average Bonchev–Trinajstić information content (AvgIpc) is 3.31. The van der Waals surface area contributed by atoms with Crippen molar-refractivity contribution in [1.82, 2.24) is 14.7 Å². The second-order valence-electron chi connectivity index (χ2n) is 6.72. The quantitative estimate of drug-likeness (QED) is 0.375. The number of carbonyl (C=O) groups excluding carboxylic acids is 1. The lowest BCUT2D eigenvalue weighted by atomic mass is 10.1. The van der Waals surface area contributed by atoms with E-state index in [1.54, 1.807) is 34.7 Å². The summed E-state index contributed by atoms with van der Waals surface area (Å²) in [6, 6.07) is 14.4. The molecule has 1 amide bonds. The maximum Gasteiger partial charge on any atom is 0.266 e. The van der Waals surface area contributed by atoms with Crippen LogP contribution in [0.5, 0.6) is 5.75 Å². The molecular weight excluding hydrogens is 433 g/mol. The first-order valence-electron chi connectivity index (χ1n) is 9.85. The number of aromatic nitrogens is 2. The van der Waals surface area contributed by atoms with E-state index in [0.29, 0.717) is 39.2 Å². The van der Waals surface area contributed by atoms with Crippen LogP contribution in [-0.2, 0) is 4.79 Å². The van der Waals surface area contributed by atoms with Gasteiger partial charge in [-0.15, -0.1) is 0 Å². The van der Waals surface area contributed by atoms with E-state index in [9.17, 15) is 9.18 Å². The van der Waals surface area contributed by atoms with Gasteiger partial charge in [0.15, 0.2) is 11.6 Å². The Morgan fingerprint density at radius 1 is 1.19 bits per heavy atom. The van der Waals surface area contributed by atoms with E-state index in [2.05, 4.69) is 0 Å². The van der Waals surface area contributed by atoms with Crippen LogP contribution in [0.3, 0.4) is 0 Å². The van der Waals surface area contributed by atoms with Crippen molar-refractivity contribution in [1.29, 1.82) is 0 Å². The molecule has 1 fully saturated rings. The van der Waals surface area contributed by atoms with E-state index in [-0.39, 0.29) is 11.7 Å². The molecular formula is C23H20FN3O2S2. The number of halogens is 1. The van der Waals surface area contributed by atoms with E-state index in [1.807, 2.05) is 43.5 Å². The van der Waals surface area contributed by atoms with Gasteiger partial charge in [0.05, 0.1) is 17.2 Å². The van der Waals surface area contributed by atoms with E-state index >= 15 is 0 Å². The van der Waals surface area contributed by atoms with Gasteiger partial charge in [0.1, 0.15) is 10.0 Å². The highest BCUT2D eigenvalue weighted by molar-refractivity contribution is 8.26. The molecule has 1 saturated heterocycles. The number of carbonyl (C=O) groups is 1. The van der Waals surface area contributed by atoms with Crippen LogP contribution in [0.4, 0.5) is 4.39 Å². The zero-order valence-corrected chi connectivity index (χ0v) is 18.7. The zero-order valence-electron chi connectivity index (χ0n) is 17.0. The number of nitrogens with zero attached hydrogens (tertiary/aromatic N) is 3. The van der Waals surface area contributed by atoms with Gasteiger partial charge in [-0.3, -0.25) is 9.69 Å². The molecule has 1 aliphatic rings. The van der Waals surface area contributed by atoms with E-state index < -0.39 is 5.82 Å². The van der Waals surface area contributed by atoms with Crippen LogP contribution in [0.1, 0.15) is 19.4 Å². The first kappa shape index (κ1) is 21.3. The third kappa shape index (κ3) is 4.26. The van der Waals surface area contributed by atoms with Crippen molar-refractivity contribution in [3.05, 3.63) is 71.0 Å². The van der Waals surface area contributed by atoms with Crippen LogP contribution in [0.2, 0.25) is 0 Å². The standard InChI is InChI=1S/C23H20FN3O2S2/c1-3-26-22(28)20(31-23(26)30)13-16-14-27(17-8-6-5-7-9-17)25-21(16)15-10-11-19(29-4-2)18(24)12-15/h5-14H,3-4H2,1-2H3. The number of thioether (sulfide) groups is 1. The van der Waals surface area contributed by atoms with Crippen molar-refractivity contribution in [2.75, 3.05) is 13.2 Å². The predicted octanol–water partition coefficient (Wildman–Crippen LogP) is 5.30. The highest BCUT2D eigenvalue weighted by atomic mass is 32.2. The number of hydrogen-bond donors (Lipinski definition) is 0. The Balaban J connectivity index is 1.82. The normalized spacial score (nSPS) is 15.2.